The fraction of sp³-hybridized carbons (Fsp3) is 0.789. The molecule has 7 heteroatoms. The maximum atomic E-state index is 12.6. The molecule has 1 saturated heterocycles. The van der Waals surface area contributed by atoms with E-state index in [1.807, 2.05) is 9.80 Å². The Hall–Kier alpha value is -1.92. The van der Waals surface area contributed by atoms with Crippen molar-refractivity contribution in [3.63, 3.8) is 0 Å². The summed E-state index contributed by atoms with van der Waals surface area (Å²) < 4.78 is 4.99. The summed E-state index contributed by atoms with van der Waals surface area (Å²) in [6.07, 6.45) is 8.30. The summed E-state index contributed by atoms with van der Waals surface area (Å²) in [5.41, 5.74) is 0. The van der Waals surface area contributed by atoms with E-state index < -0.39 is 0 Å². The van der Waals surface area contributed by atoms with Crippen molar-refractivity contribution in [3.8, 4) is 0 Å². The Morgan fingerprint density at radius 2 is 2.00 bits per heavy atom. The minimum atomic E-state index is 0.0387. The van der Waals surface area contributed by atoms with Crippen molar-refractivity contribution in [2.45, 2.75) is 71.3 Å². The van der Waals surface area contributed by atoms with Crippen molar-refractivity contribution < 1.29 is 14.1 Å². The van der Waals surface area contributed by atoms with Crippen LogP contribution >= 0.6 is 0 Å². The number of aryl methyl sites for hydroxylation is 1. The highest BCUT2D eigenvalue weighted by Gasteiger charge is 2.32. The third-order valence-corrected chi connectivity index (χ3v) is 5.70. The van der Waals surface area contributed by atoms with Crippen molar-refractivity contribution >= 4 is 11.8 Å². The van der Waals surface area contributed by atoms with Gasteiger partial charge >= 0.3 is 0 Å². The maximum absolute atomic E-state index is 12.6. The number of amides is 2. The molecule has 0 bridgehead atoms. The zero-order valence-corrected chi connectivity index (χ0v) is 15.9. The highest BCUT2D eigenvalue weighted by molar-refractivity contribution is 5.77. The summed E-state index contributed by atoms with van der Waals surface area (Å²) >= 11 is 0. The summed E-state index contributed by atoms with van der Waals surface area (Å²) in [5.74, 6) is 2.01. The molecule has 1 aromatic rings. The number of carbonyl (C=O) groups is 2. The predicted molar refractivity (Wildman–Crippen MR) is 96.3 cm³/mol. The van der Waals surface area contributed by atoms with Crippen LogP contribution in [0.3, 0.4) is 0 Å². The Labute approximate surface area is 155 Å². The van der Waals surface area contributed by atoms with E-state index >= 15 is 0 Å². The number of likely N-dealkylation sites (tertiary alicyclic amines) is 1. The minimum Gasteiger partial charge on any atom is -0.341 e. The molecule has 1 unspecified atom stereocenters. The Morgan fingerprint density at radius 3 is 2.65 bits per heavy atom. The third kappa shape index (κ3) is 4.83. The normalized spacial score (nSPS) is 21.2. The van der Waals surface area contributed by atoms with Crippen molar-refractivity contribution in [1.29, 1.82) is 0 Å². The van der Waals surface area contributed by atoms with Gasteiger partial charge in [-0.3, -0.25) is 9.59 Å². The topological polar surface area (TPSA) is 79.5 Å². The van der Waals surface area contributed by atoms with Gasteiger partial charge in [-0.05, 0) is 25.2 Å². The highest BCUT2D eigenvalue weighted by Crippen LogP contribution is 2.28. The number of rotatable bonds is 6. The van der Waals surface area contributed by atoms with Crippen LogP contribution in [0.4, 0.5) is 0 Å². The number of nitrogens with zero attached hydrogens (tertiary/aromatic N) is 4. The van der Waals surface area contributed by atoms with Gasteiger partial charge in [0.05, 0.1) is 6.04 Å². The molecule has 1 saturated carbocycles. The van der Waals surface area contributed by atoms with E-state index in [9.17, 15) is 9.59 Å². The van der Waals surface area contributed by atoms with E-state index in [0.717, 1.165) is 13.0 Å². The van der Waals surface area contributed by atoms with Crippen LogP contribution in [0.25, 0.3) is 0 Å². The molecule has 2 aliphatic rings. The summed E-state index contributed by atoms with van der Waals surface area (Å²) in [6, 6.07) is 0.0933. The summed E-state index contributed by atoms with van der Waals surface area (Å²) in [6.45, 7) is 5.31. The van der Waals surface area contributed by atoms with Gasteiger partial charge in [0.2, 0.25) is 17.7 Å². The molecule has 1 aliphatic carbocycles. The molecule has 2 fully saturated rings. The SMILES string of the molecule is CC(=O)N(CCc1noc(C)n1)C1CCN(C(=O)CC2CCCCC2)C1. The standard InChI is InChI=1S/C19H30N4O3/c1-14-20-18(21-26-14)9-11-23(15(2)24)17-8-10-22(13-17)19(25)12-16-6-4-3-5-7-16/h16-17H,3-13H2,1-2H3. The minimum absolute atomic E-state index is 0.0387. The van der Waals surface area contributed by atoms with Gasteiger partial charge in [0, 0.05) is 46.3 Å². The molecule has 1 aliphatic heterocycles. The Bertz CT molecular complexity index is 624. The lowest BCUT2D eigenvalue weighted by molar-refractivity contribution is -0.134. The number of carbonyl (C=O) groups excluding carboxylic acids is 2. The first kappa shape index (κ1) is 18.9. The predicted octanol–water partition coefficient (Wildman–Crippen LogP) is 2.34. The second kappa shape index (κ2) is 8.64. The van der Waals surface area contributed by atoms with Crippen molar-refractivity contribution in [3.05, 3.63) is 11.7 Å². The van der Waals surface area contributed by atoms with Gasteiger partial charge in [0.25, 0.3) is 0 Å². The van der Waals surface area contributed by atoms with Gasteiger partial charge in [0.15, 0.2) is 5.82 Å². The van der Waals surface area contributed by atoms with Gasteiger partial charge in [0.1, 0.15) is 0 Å². The number of aromatic nitrogens is 2. The molecule has 2 heterocycles. The Kier molecular flexibility index (Phi) is 6.27. The molecule has 2 amide bonds. The summed E-state index contributed by atoms with van der Waals surface area (Å²) in [5, 5.41) is 3.89. The van der Waals surface area contributed by atoms with Crippen LogP contribution < -0.4 is 0 Å². The highest BCUT2D eigenvalue weighted by atomic mass is 16.5. The average Bonchev–Trinajstić information content (AvgIpc) is 3.25. The Balaban J connectivity index is 1.50. The zero-order valence-electron chi connectivity index (χ0n) is 15.9. The lowest BCUT2D eigenvalue weighted by atomic mass is 9.87. The molecule has 0 radical (unpaired) electrons. The van der Waals surface area contributed by atoms with E-state index in [1.54, 1.807) is 13.8 Å². The maximum Gasteiger partial charge on any atom is 0.223 e. The fourth-order valence-corrected chi connectivity index (χ4v) is 4.25. The van der Waals surface area contributed by atoms with E-state index in [1.165, 1.54) is 32.1 Å². The molecule has 1 aromatic heterocycles. The first-order valence-corrected chi connectivity index (χ1v) is 9.87. The van der Waals surface area contributed by atoms with Crippen molar-refractivity contribution in [1.82, 2.24) is 19.9 Å². The first-order valence-electron chi connectivity index (χ1n) is 9.87. The molecule has 26 heavy (non-hydrogen) atoms. The molecule has 0 spiro atoms. The average molecular weight is 362 g/mol. The lowest BCUT2D eigenvalue weighted by Crippen LogP contribution is -2.43. The van der Waals surface area contributed by atoms with E-state index in [-0.39, 0.29) is 17.9 Å². The number of hydrogen-bond donors (Lipinski definition) is 0. The molecular weight excluding hydrogens is 332 g/mol. The van der Waals surface area contributed by atoms with Gasteiger partial charge in [-0.2, -0.15) is 4.98 Å². The van der Waals surface area contributed by atoms with Crippen LogP contribution in [0.1, 0.15) is 63.6 Å². The smallest absolute Gasteiger partial charge is 0.223 e. The van der Waals surface area contributed by atoms with Crippen LogP contribution in [0.15, 0.2) is 4.52 Å². The van der Waals surface area contributed by atoms with Crippen LogP contribution in [0, 0.1) is 12.8 Å². The van der Waals surface area contributed by atoms with Crippen molar-refractivity contribution in [2.24, 2.45) is 5.92 Å². The van der Waals surface area contributed by atoms with E-state index in [0.29, 0.717) is 43.6 Å². The molecule has 0 N–H and O–H groups in total. The Morgan fingerprint density at radius 1 is 1.23 bits per heavy atom. The van der Waals surface area contributed by atoms with Crippen LogP contribution in [-0.4, -0.2) is 57.4 Å². The summed E-state index contributed by atoms with van der Waals surface area (Å²) in [7, 11) is 0. The largest absolute Gasteiger partial charge is 0.341 e. The quantitative estimate of drug-likeness (QED) is 0.776. The first-order chi connectivity index (χ1) is 12.5. The van der Waals surface area contributed by atoms with Gasteiger partial charge in [-0.1, -0.05) is 24.4 Å². The fourth-order valence-electron chi connectivity index (χ4n) is 4.25. The van der Waals surface area contributed by atoms with Crippen LogP contribution in [0.5, 0.6) is 0 Å². The molecule has 7 nitrogen and oxygen atoms in total. The van der Waals surface area contributed by atoms with Crippen LogP contribution in [-0.2, 0) is 16.0 Å². The summed E-state index contributed by atoms with van der Waals surface area (Å²) in [4.78, 5) is 32.7. The van der Waals surface area contributed by atoms with E-state index in [2.05, 4.69) is 10.1 Å². The lowest BCUT2D eigenvalue weighted by Gasteiger charge is -2.28. The number of hydrogen-bond acceptors (Lipinski definition) is 5. The van der Waals surface area contributed by atoms with Gasteiger partial charge < -0.3 is 14.3 Å². The molecule has 144 valence electrons. The second-order valence-electron chi connectivity index (χ2n) is 7.68. The van der Waals surface area contributed by atoms with E-state index in [4.69, 9.17) is 4.52 Å². The monoisotopic (exact) mass is 362 g/mol. The second-order valence-corrected chi connectivity index (χ2v) is 7.68. The third-order valence-electron chi connectivity index (χ3n) is 5.70. The molecule has 1 atom stereocenters. The van der Waals surface area contributed by atoms with Gasteiger partial charge in [-0.25, -0.2) is 0 Å². The zero-order chi connectivity index (χ0) is 18.5. The van der Waals surface area contributed by atoms with Gasteiger partial charge in [-0.15, -0.1) is 0 Å². The molecule has 3 rings (SSSR count). The molecular formula is C19H30N4O3. The van der Waals surface area contributed by atoms with Crippen molar-refractivity contribution in [2.75, 3.05) is 19.6 Å². The van der Waals surface area contributed by atoms with Crippen LogP contribution in [0.2, 0.25) is 0 Å². The molecule has 0 aromatic carbocycles.